The molecule has 0 unspecified atom stereocenters. The first-order valence-corrected chi connectivity index (χ1v) is 4.19. The number of hydrogen-bond acceptors (Lipinski definition) is 1. The van der Waals surface area contributed by atoms with Crippen molar-refractivity contribution in [2.75, 3.05) is 6.61 Å². The summed E-state index contributed by atoms with van der Waals surface area (Å²) in [6.45, 7) is 5.50. The van der Waals surface area contributed by atoms with E-state index in [0.717, 1.165) is 5.56 Å². The first-order valence-electron chi connectivity index (χ1n) is 3.82. The van der Waals surface area contributed by atoms with Gasteiger partial charge in [0, 0.05) is 5.03 Å². The minimum Gasteiger partial charge on any atom is -0.488 e. The maximum Gasteiger partial charge on any atom is 0.123 e. The predicted octanol–water partition coefficient (Wildman–Crippen LogP) is 3.27. The number of ether oxygens (including phenoxy) is 1. The molecule has 0 aliphatic carbocycles. The summed E-state index contributed by atoms with van der Waals surface area (Å²) in [4.78, 5) is 0. The molecule has 0 spiro atoms. The van der Waals surface area contributed by atoms with Gasteiger partial charge in [0.2, 0.25) is 0 Å². The second kappa shape index (κ2) is 4.28. The van der Waals surface area contributed by atoms with E-state index in [2.05, 4.69) is 6.58 Å². The first kappa shape index (κ1) is 10.1. The third kappa shape index (κ3) is 3.07. The van der Waals surface area contributed by atoms with Crippen LogP contribution in [0.25, 0.3) is 0 Å². The highest BCUT2D eigenvalue weighted by atomic mass is 35.5. The molecule has 0 amide bonds. The molecule has 70 valence electrons. The standard InChI is InChI=1S/C10H10ClFO/c1-7-5-9(12)3-4-10(7)13-6-8(2)11/h3-5H,2,6H2,1H3. The Morgan fingerprint density at radius 3 is 2.85 bits per heavy atom. The molecule has 0 bridgehead atoms. The van der Waals surface area contributed by atoms with Crippen LogP contribution in [0.4, 0.5) is 4.39 Å². The Labute approximate surface area is 81.8 Å². The molecule has 0 aromatic heterocycles. The van der Waals surface area contributed by atoms with Crippen molar-refractivity contribution in [1.82, 2.24) is 0 Å². The van der Waals surface area contributed by atoms with Crippen LogP contribution < -0.4 is 4.74 Å². The Balaban J connectivity index is 2.72. The molecule has 13 heavy (non-hydrogen) atoms. The summed E-state index contributed by atoms with van der Waals surface area (Å²) in [5.74, 6) is 0.359. The fourth-order valence-electron chi connectivity index (χ4n) is 0.931. The maximum absolute atomic E-state index is 12.6. The minimum absolute atomic E-state index is 0.244. The van der Waals surface area contributed by atoms with Gasteiger partial charge in [-0.05, 0) is 30.7 Å². The second-order valence-corrected chi connectivity index (χ2v) is 3.25. The van der Waals surface area contributed by atoms with Crippen molar-refractivity contribution in [3.05, 3.63) is 41.2 Å². The van der Waals surface area contributed by atoms with Crippen molar-refractivity contribution < 1.29 is 9.13 Å². The molecule has 1 rings (SSSR count). The molecule has 0 radical (unpaired) electrons. The molecular weight excluding hydrogens is 191 g/mol. The lowest BCUT2D eigenvalue weighted by Crippen LogP contribution is -1.98. The number of hydrogen-bond donors (Lipinski definition) is 0. The molecular formula is C10H10ClFO. The number of benzene rings is 1. The average molecular weight is 201 g/mol. The van der Waals surface area contributed by atoms with Gasteiger partial charge in [-0.1, -0.05) is 18.2 Å². The van der Waals surface area contributed by atoms with Crippen molar-refractivity contribution >= 4 is 11.6 Å². The first-order chi connectivity index (χ1) is 6.09. The topological polar surface area (TPSA) is 9.23 Å². The fraction of sp³-hybridized carbons (Fsp3) is 0.200. The molecule has 0 aliphatic heterocycles. The molecule has 0 N–H and O–H groups in total. The number of halogens is 2. The molecule has 0 saturated heterocycles. The summed E-state index contributed by atoms with van der Waals surface area (Å²) in [6.07, 6.45) is 0. The maximum atomic E-state index is 12.6. The molecule has 1 nitrogen and oxygen atoms in total. The monoisotopic (exact) mass is 200 g/mol. The highest BCUT2D eigenvalue weighted by Crippen LogP contribution is 2.19. The van der Waals surface area contributed by atoms with Gasteiger partial charge >= 0.3 is 0 Å². The Bertz CT molecular complexity index is 323. The van der Waals surface area contributed by atoms with Crippen molar-refractivity contribution in [2.24, 2.45) is 0 Å². The van der Waals surface area contributed by atoms with Gasteiger partial charge in [0.15, 0.2) is 0 Å². The van der Waals surface area contributed by atoms with Gasteiger partial charge in [-0.3, -0.25) is 0 Å². The van der Waals surface area contributed by atoms with Gasteiger partial charge in [0.1, 0.15) is 18.2 Å². The van der Waals surface area contributed by atoms with Gasteiger partial charge in [-0.25, -0.2) is 4.39 Å². The van der Waals surface area contributed by atoms with Crippen molar-refractivity contribution in [2.45, 2.75) is 6.92 Å². The Kier molecular flexibility index (Phi) is 3.32. The Morgan fingerprint density at radius 1 is 1.62 bits per heavy atom. The normalized spacial score (nSPS) is 9.77. The van der Waals surface area contributed by atoms with Crippen LogP contribution in [0.5, 0.6) is 5.75 Å². The summed E-state index contributed by atoms with van der Waals surface area (Å²) in [5.41, 5.74) is 0.748. The van der Waals surface area contributed by atoms with Crippen LogP contribution in [0.2, 0.25) is 0 Å². The van der Waals surface area contributed by atoms with Gasteiger partial charge in [0.05, 0.1) is 0 Å². The molecule has 3 heteroatoms. The SMILES string of the molecule is C=C(Cl)COc1ccc(F)cc1C. The summed E-state index contributed by atoms with van der Waals surface area (Å²) in [5, 5.41) is 0.420. The van der Waals surface area contributed by atoms with E-state index in [-0.39, 0.29) is 12.4 Å². The van der Waals surface area contributed by atoms with Gasteiger partial charge in [-0.15, -0.1) is 0 Å². The molecule has 0 fully saturated rings. The fourth-order valence-corrected chi connectivity index (χ4v) is 0.985. The third-order valence-electron chi connectivity index (χ3n) is 1.52. The van der Waals surface area contributed by atoms with E-state index >= 15 is 0 Å². The average Bonchev–Trinajstić information content (AvgIpc) is 2.02. The smallest absolute Gasteiger partial charge is 0.123 e. The lowest BCUT2D eigenvalue weighted by atomic mass is 10.2. The molecule has 1 aromatic rings. The summed E-state index contributed by atoms with van der Waals surface area (Å²) in [7, 11) is 0. The van der Waals surface area contributed by atoms with Gasteiger partial charge < -0.3 is 4.74 Å². The minimum atomic E-state index is -0.269. The van der Waals surface area contributed by atoms with Crippen LogP contribution in [-0.2, 0) is 0 Å². The van der Waals surface area contributed by atoms with Crippen LogP contribution in [-0.4, -0.2) is 6.61 Å². The van der Waals surface area contributed by atoms with E-state index in [1.807, 2.05) is 0 Å². The summed E-state index contributed by atoms with van der Waals surface area (Å²) in [6, 6.07) is 4.33. The number of aryl methyl sites for hydroxylation is 1. The van der Waals surface area contributed by atoms with Crippen molar-refractivity contribution in [3.63, 3.8) is 0 Å². The lowest BCUT2D eigenvalue weighted by molar-refractivity contribution is 0.356. The zero-order valence-corrected chi connectivity index (χ0v) is 8.07. The van der Waals surface area contributed by atoms with E-state index in [4.69, 9.17) is 16.3 Å². The van der Waals surface area contributed by atoms with Crippen LogP contribution >= 0.6 is 11.6 Å². The van der Waals surface area contributed by atoms with Crippen molar-refractivity contribution in [3.8, 4) is 5.75 Å². The van der Waals surface area contributed by atoms with E-state index in [0.29, 0.717) is 10.8 Å². The third-order valence-corrected chi connectivity index (χ3v) is 1.63. The quantitative estimate of drug-likeness (QED) is 0.728. The van der Waals surface area contributed by atoms with E-state index < -0.39 is 0 Å². The zero-order chi connectivity index (χ0) is 9.84. The lowest BCUT2D eigenvalue weighted by Gasteiger charge is -2.07. The summed E-state index contributed by atoms with van der Waals surface area (Å²) >= 11 is 5.52. The molecule has 0 heterocycles. The van der Waals surface area contributed by atoms with E-state index in [1.165, 1.54) is 12.1 Å². The van der Waals surface area contributed by atoms with Crippen LogP contribution in [0.3, 0.4) is 0 Å². The summed E-state index contributed by atoms with van der Waals surface area (Å²) < 4.78 is 17.9. The van der Waals surface area contributed by atoms with Crippen LogP contribution in [0.15, 0.2) is 29.8 Å². The molecule has 0 aliphatic rings. The van der Waals surface area contributed by atoms with Crippen molar-refractivity contribution in [1.29, 1.82) is 0 Å². The van der Waals surface area contributed by atoms with Crippen LogP contribution in [0, 0.1) is 12.7 Å². The van der Waals surface area contributed by atoms with Crippen LogP contribution in [0.1, 0.15) is 5.56 Å². The van der Waals surface area contributed by atoms with E-state index in [1.54, 1.807) is 13.0 Å². The second-order valence-electron chi connectivity index (χ2n) is 2.72. The van der Waals surface area contributed by atoms with Gasteiger partial charge in [-0.2, -0.15) is 0 Å². The molecule has 1 aromatic carbocycles. The Morgan fingerprint density at radius 2 is 2.31 bits per heavy atom. The molecule has 0 atom stereocenters. The molecule has 0 saturated carbocycles. The van der Waals surface area contributed by atoms with Gasteiger partial charge in [0.25, 0.3) is 0 Å². The highest BCUT2D eigenvalue weighted by Gasteiger charge is 2.00. The Hall–Kier alpha value is -1.02. The predicted molar refractivity (Wildman–Crippen MR) is 51.6 cm³/mol. The largest absolute Gasteiger partial charge is 0.488 e. The highest BCUT2D eigenvalue weighted by molar-refractivity contribution is 6.29. The van der Waals surface area contributed by atoms with E-state index in [9.17, 15) is 4.39 Å². The number of rotatable bonds is 3. The zero-order valence-electron chi connectivity index (χ0n) is 7.31.